The van der Waals surface area contributed by atoms with E-state index >= 15 is 0 Å². The molecule has 2 fully saturated rings. The summed E-state index contributed by atoms with van der Waals surface area (Å²) in [6, 6.07) is 15.4. The Morgan fingerprint density at radius 1 is 0.800 bits per heavy atom. The molecule has 0 atom stereocenters. The zero-order chi connectivity index (χ0) is 20.9. The van der Waals surface area contributed by atoms with Crippen LogP contribution in [0, 0.1) is 0 Å². The molecule has 2 aliphatic heterocycles. The number of benzene rings is 1. The first-order valence-corrected chi connectivity index (χ1v) is 10.2. The van der Waals surface area contributed by atoms with Crippen molar-refractivity contribution in [2.75, 3.05) is 50.7 Å². The van der Waals surface area contributed by atoms with Gasteiger partial charge in [-0.2, -0.15) is 0 Å². The molecular weight excluding hydrogens is 382 g/mol. The third-order valence-electron chi connectivity index (χ3n) is 5.55. The normalized spacial score (nSPS) is 17.5. The molecule has 8 heteroatoms. The topological polar surface area (TPSA) is 77.1 Å². The van der Waals surface area contributed by atoms with Gasteiger partial charge in [0, 0.05) is 52.0 Å². The van der Waals surface area contributed by atoms with Crippen LogP contribution >= 0.6 is 0 Å². The van der Waals surface area contributed by atoms with E-state index in [-0.39, 0.29) is 12.5 Å². The molecule has 1 aromatic heterocycles. The number of aromatic nitrogens is 1. The minimum atomic E-state index is -0.599. The fourth-order valence-corrected chi connectivity index (χ4v) is 3.81. The van der Waals surface area contributed by atoms with Gasteiger partial charge >= 0.3 is 11.8 Å². The molecule has 0 spiro atoms. The van der Waals surface area contributed by atoms with Crippen molar-refractivity contribution in [3.63, 3.8) is 0 Å². The van der Waals surface area contributed by atoms with Crippen LogP contribution in [0.4, 0.5) is 5.82 Å². The van der Waals surface area contributed by atoms with E-state index in [1.54, 1.807) is 16.0 Å². The van der Waals surface area contributed by atoms with E-state index in [1.807, 2.05) is 48.5 Å². The Hall–Kier alpha value is -3.42. The molecule has 3 amide bonds. The minimum absolute atomic E-state index is 0.0483. The average Bonchev–Trinajstić information content (AvgIpc) is 2.80. The van der Waals surface area contributed by atoms with Crippen molar-refractivity contribution in [2.45, 2.75) is 6.54 Å². The summed E-state index contributed by atoms with van der Waals surface area (Å²) >= 11 is 0. The van der Waals surface area contributed by atoms with Gasteiger partial charge in [0.05, 0.1) is 0 Å². The van der Waals surface area contributed by atoms with E-state index in [9.17, 15) is 14.4 Å². The molecule has 0 bridgehead atoms. The van der Waals surface area contributed by atoms with Crippen LogP contribution in [0.3, 0.4) is 0 Å². The van der Waals surface area contributed by atoms with Crippen LogP contribution < -0.4 is 4.90 Å². The molecule has 156 valence electrons. The second kappa shape index (κ2) is 8.94. The highest BCUT2D eigenvalue weighted by atomic mass is 16.2. The molecule has 0 saturated carbocycles. The van der Waals surface area contributed by atoms with Crippen molar-refractivity contribution in [1.82, 2.24) is 19.7 Å². The van der Waals surface area contributed by atoms with E-state index in [2.05, 4.69) is 9.88 Å². The van der Waals surface area contributed by atoms with Crippen LogP contribution in [0.1, 0.15) is 5.56 Å². The Balaban J connectivity index is 1.28. The second-order valence-electron chi connectivity index (χ2n) is 7.49. The van der Waals surface area contributed by atoms with Crippen molar-refractivity contribution in [3.8, 4) is 0 Å². The third-order valence-corrected chi connectivity index (χ3v) is 5.55. The number of carbonyl (C=O) groups excluding carboxylic acids is 3. The van der Waals surface area contributed by atoms with Gasteiger partial charge in [-0.3, -0.25) is 14.4 Å². The molecule has 1 aromatic carbocycles. The van der Waals surface area contributed by atoms with Gasteiger partial charge in [-0.1, -0.05) is 36.4 Å². The Bertz CT molecular complexity index is 898. The average molecular weight is 407 g/mol. The summed E-state index contributed by atoms with van der Waals surface area (Å²) in [4.78, 5) is 48.9. The van der Waals surface area contributed by atoms with Crippen LogP contribution in [0.15, 0.2) is 54.7 Å². The van der Waals surface area contributed by atoms with Gasteiger partial charge in [0.15, 0.2) is 0 Å². The summed E-state index contributed by atoms with van der Waals surface area (Å²) in [6.45, 7) is 3.70. The van der Waals surface area contributed by atoms with Crippen molar-refractivity contribution >= 4 is 23.5 Å². The van der Waals surface area contributed by atoms with Crippen LogP contribution in [-0.4, -0.2) is 83.2 Å². The number of hydrogen-bond acceptors (Lipinski definition) is 5. The molecule has 2 aromatic rings. The predicted molar refractivity (Wildman–Crippen MR) is 111 cm³/mol. The fraction of sp³-hybridized carbons (Fsp3) is 0.364. The number of carbonyl (C=O) groups is 3. The Kier molecular flexibility index (Phi) is 5.92. The SMILES string of the molecule is O=C(CN1CCN(Cc2ccccc2)C(=O)C1=O)N1CCN(c2ccccn2)CC1. The fourth-order valence-electron chi connectivity index (χ4n) is 3.81. The maximum atomic E-state index is 12.7. The first-order valence-electron chi connectivity index (χ1n) is 10.2. The summed E-state index contributed by atoms with van der Waals surface area (Å²) in [6.07, 6.45) is 1.76. The largest absolute Gasteiger partial charge is 0.353 e. The van der Waals surface area contributed by atoms with Crippen LogP contribution in [0.2, 0.25) is 0 Å². The van der Waals surface area contributed by atoms with Crippen molar-refractivity contribution < 1.29 is 14.4 Å². The highest BCUT2D eigenvalue weighted by Gasteiger charge is 2.34. The van der Waals surface area contributed by atoms with E-state index in [0.717, 1.165) is 11.4 Å². The number of rotatable bonds is 5. The van der Waals surface area contributed by atoms with Gasteiger partial charge < -0.3 is 19.6 Å². The maximum absolute atomic E-state index is 12.7. The molecule has 2 saturated heterocycles. The zero-order valence-corrected chi connectivity index (χ0v) is 16.8. The maximum Gasteiger partial charge on any atom is 0.312 e. The van der Waals surface area contributed by atoms with E-state index in [1.165, 1.54) is 4.90 Å². The summed E-state index contributed by atoms with van der Waals surface area (Å²) in [7, 11) is 0. The molecule has 0 unspecified atom stereocenters. The van der Waals surface area contributed by atoms with Crippen molar-refractivity contribution in [1.29, 1.82) is 0 Å². The second-order valence-corrected chi connectivity index (χ2v) is 7.49. The molecule has 30 heavy (non-hydrogen) atoms. The van der Waals surface area contributed by atoms with Gasteiger partial charge in [-0.15, -0.1) is 0 Å². The number of piperazine rings is 2. The molecule has 8 nitrogen and oxygen atoms in total. The number of amides is 3. The first-order chi connectivity index (χ1) is 14.6. The molecule has 0 N–H and O–H groups in total. The van der Waals surface area contributed by atoms with E-state index < -0.39 is 11.8 Å². The van der Waals surface area contributed by atoms with Crippen LogP contribution in [-0.2, 0) is 20.9 Å². The highest BCUT2D eigenvalue weighted by Crippen LogP contribution is 2.14. The summed E-state index contributed by atoms with van der Waals surface area (Å²) in [5, 5.41) is 0. The highest BCUT2D eigenvalue weighted by molar-refractivity contribution is 6.35. The monoisotopic (exact) mass is 407 g/mol. The van der Waals surface area contributed by atoms with Gasteiger partial charge in [0.1, 0.15) is 12.4 Å². The Labute approximate surface area is 175 Å². The number of nitrogens with zero attached hydrogens (tertiary/aromatic N) is 5. The lowest BCUT2D eigenvalue weighted by atomic mass is 10.2. The lowest BCUT2D eigenvalue weighted by Crippen LogP contribution is -2.57. The number of hydrogen-bond donors (Lipinski definition) is 0. The minimum Gasteiger partial charge on any atom is -0.353 e. The molecule has 0 radical (unpaired) electrons. The lowest BCUT2D eigenvalue weighted by molar-refractivity contribution is -0.158. The molecular formula is C22H25N5O3. The summed E-state index contributed by atoms with van der Waals surface area (Å²) in [5.74, 6) is -0.358. The smallest absolute Gasteiger partial charge is 0.312 e. The zero-order valence-electron chi connectivity index (χ0n) is 16.8. The van der Waals surface area contributed by atoms with E-state index in [0.29, 0.717) is 45.8 Å². The Morgan fingerprint density at radius 3 is 2.17 bits per heavy atom. The number of anilines is 1. The quantitative estimate of drug-likeness (QED) is 0.679. The van der Waals surface area contributed by atoms with Gasteiger partial charge in [0.25, 0.3) is 0 Å². The number of pyridine rings is 1. The van der Waals surface area contributed by atoms with Crippen LogP contribution in [0.5, 0.6) is 0 Å². The first kappa shape index (κ1) is 19.9. The summed E-state index contributed by atoms with van der Waals surface area (Å²) in [5.41, 5.74) is 0.981. The Morgan fingerprint density at radius 2 is 1.47 bits per heavy atom. The van der Waals surface area contributed by atoms with E-state index in [4.69, 9.17) is 0 Å². The van der Waals surface area contributed by atoms with Gasteiger partial charge in [-0.25, -0.2) is 4.98 Å². The third kappa shape index (κ3) is 4.42. The van der Waals surface area contributed by atoms with Gasteiger partial charge in [-0.05, 0) is 17.7 Å². The van der Waals surface area contributed by atoms with Crippen LogP contribution in [0.25, 0.3) is 0 Å². The summed E-state index contributed by atoms with van der Waals surface area (Å²) < 4.78 is 0. The molecule has 4 rings (SSSR count). The standard InChI is InChI=1S/C22H25N5O3/c28-20(25-12-10-24(11-13-25)19-8-4-5-9-23-19)17-27-15-14-26(21(29)22(27)30)16-18-6-2-1-3-7-18/h1-9H,10-17H2. The molecule has 2 aliphatic rings. The predicted octanol–water partition coefficient (Wildman–Crippen LogP) is 0.601. The lowest BCUT2D eigenvalue weighted by Gasteiger charge is -2.38. The van der Waals surface area contributed by atoms with Crippen molar-refractivity contribution in [2.24, 2.45) is 0 Å². The molecule has 0 aliphatic carbocycles. The van der Waals surface area contributed by atoms with Crippen molar-refractivity contribution in [3.05, 3.63) is 60.3 Å². The molecule has 3 heterocycles. The van der Waals surface area contributed by atoms with Gasteiger partial charge in [0.2, 0.25) is 5.91 Å².